The summed E-state index contributed by atoms with van der Waals surface area (Å²) in [5.74, 6) is 1.50. The number of nitrogen functional groups attached to an aromatic ring is 1. The van der Waals surface area contributed by atoms with E-state index in [1.165, 1.54) is 0 Å². The Morgan fingerprint density at radius 3 is 2.72 bits per heavy atom. The molecule has 0 aliphatic heterocycles. The lowest BCUT2D eigenvalue weighted by Gasteiger charge is -2.25. The van der Waals surface area contributed by atoms with Gasteiger partial charge in [-0.15, -0.1) is 0 Å². The minimum Gasteiger partial charge on any atom is -0.497 e. The molecule has 1 aromatic rings. The Labute approximate surface area is 112 Å². The Morgan fingerprint density at radius 2 is 2.22 bits per heavy atom. The van der Waals surface area contributed by atoms with Crippen molar-refractivity contribution in [2.45, 2.75) is 13.0 Å². The van der Waals surface area contributed by atoms with Gasteiger partial charge in [0, 0.05) is 30.6 Å². The predicted molar refractivity (Wildman–Crippen MR) is 77.3 cm³/mol. The highest BCUT2D eigenvalue weighted by atomic mass is 32.2. The second-order valence-corrected chi connectivity index (χ2v) is 5.08. The van der Waals surface area contributed by atoms with Gasteiger partial charge in [-0.3, -0.25) is 4.79 Å². The van der Waals surface area contributed by atoms with Crippen LogP contribution in [0.25, 0.3) is 0 Å². The highest BCUT2D eigenvalue weighted by Crippen LogP contribution is 2.21. The number of anilines is 1. The molecular formula is C13H20N2O2S. The van der Waals surface area contributed by atoms with Crippen molar-refractivity contribution in [1.29, 1.82) is 0 Å². The number of hydrogen-bond acceptors (Lipinski definition) is 4. The van der Waals surface area contributed by atoms with Gasteiger partial charge in [0.15, 0.2) is 0 Å². The summed E-state index contributed by atoms with van der Waals surface area (Å²) in [6.07, 6.45) is 2.02. The minimum absolute atomic E-state index is 0.0586. The van der Waals surface area contributed by atoms with Crippen molar-refractivity contribution in [2.24, 2.45) is 0 Å². The molecule has 0 heterocycles. The fraction of sp³-hybridized carbons (Fsp3) is 0.462. The molecule has 18 heavy (non-hydrogen) atoms. The largest absolute Gasteiger partial charge is 0.497 e. The summed E-state index contributed by atoms with van der Waals surface area (Å²) < 4.78 is 5.07. The van der Waals surface area contributed by atoms with Crippen LogP contribution in [0.4, 0.5) is 5.69 Å². The normalized spacial score (nSPS) is 12.0. The molecule has 0 aromatic heterocycles. The fourth-order valence-corrected chi connectivity index (χ4v) is 2.31. The van der Waals surface area contributed by atoms with Crippen LogP contribution in [0.5, 0.6) is 5.75 Å². The van der Waals surface area contributed by atoms with E-state index in [1.54, 1.807) is 49.0 Å². The summed E-state index contributed by atoms with van der Waals surface area (Å²) in [4.78, 5) is 14.0. The standard InChI is InChI=1S/C13H20N2O2S/c1-9(8-18-4)15(2)13(16)11-6-5-10(17-3)7-12(11)14/h5-7,9H,8,14H2,1-4H3. The van der Waals surface area contributed by atoms with Crippen molar-refractivity contribution in [3.05, 3.63) is 23.8 Å². The number of nitrogens with two attached hydrogens (primary N) is 1. The van der Waals surface area contributed by atoms with Crippen LogP contribution in [-0.4, -0.2) is 43.0 Å². The second kappa shape index (κ2) is 6.54. The molecule has 1 amide bonds. The number of thioether (sulfide) groups is 1. The van der Waals surface area contributed by atoms with E-state index in [-0.39, 0.29) is 11.9 Å². The number of rotatable bonds is 5. The molecule has 0 aliphatic rings. The number of amides is 1. The first-order chi connectivity index (χ1) is 8.51. The lowest BCUT2D eigenvalue weighted by Crippen LogP contribution is -2.36. The molecule has 4 nitrogen and oxygen atoms in total. The fourth-order valence-electron chi connectivity index (χ4n) is 1.61. The highest BCUT2D eigenvalue weighted by Gasteiger charge is 2.19. The maximum absolute atomic E-state index is 12.3. The number of benzene rings is 1. The van der Waals surface area contributed by atoms with Crippen molar-refractivity contribution < 1.29 is 9.53 Å². The first-order valence-electron chi connectivity index (χ1n) is 5.70. The minimum atomic E-state index is -0.0586. The Morgan fingerprint density at radius 1 is 1.56 bits per heavy atom. The van der Waals surface area contributed by atoms with Gasteiger partial charge in [0.25, 0.3) is 5.91 Å². The number of nitrogens with zero attached hydrogens (tertiary/aromatic N) is 1. The van der Waals surface area contributed by atoms with Crippen LogP contribution in [0, 0.1) is 0 Å². The first kappa shape index (κ1) is 14.7. The molecule has 0 spiro atoms. The zero-order valence-corrected chi connectivity index (χ0v) is 12.1. The van der Waals surface area contributed by atoms with Crippen LogP contribution in [0.2, 0.25) is 0 Å². The summed E-state index contributed by atoms with van der Waals surface area (Å²) in [5, 5.41) is 0. The van der Waals surface area contributed by atoms with Gasteiger partial charge in [0.05, 0.1) is 12.7 Å². The van der Waals surface area contributed by atoms with Crippen LogP contribution >= 0.6 is 11.8 Å². The molecule has 1 atom stereocenters. The van der Waals surface area contributed by atoms with Crippen LogP contribution in [0.1, 0.15) is 17.3 Å². The topological polar surface area (TPSA) is 55.6 Å². The van der Waals surface area contributed by atoms with Crippen LogP contribution in [0.3, 0.4) is 0 Å². The van der Waals surface area contributed by atoms with Crippen LogP contribution in [0.15, 0.2) is 18.2 Å². The molecule has 0 saturated carbocycles. The second-order valence-electron chi connectivity index (χ2n) is 4.17. The summed E-state index contributed by atoms with van der Waals surface area (Å²) in [6, 6.07) is 5.30. The Kier molecular flexibility index (Phi) is 5.34. The van der Waals surface area contributed by atoms with E-state index >= 15 is 0 Å². The Balaban J connectivity index is 2.90. The van der Waals surface area contributed by atoms with Crippen molar-refractivity contribution >= 4 is 23.4 Å². The SMILES string of the molecule is COc1ccc(C(=O)N(C)C(C)CSC)c(N)c1. The zero-order valence-electron chi connectivity index (χ0n) is 11.3. The lowest BCUT2D eigenvalue weighted by atomic mass is 10.1. The number of hydrogen-bond donors (Lipinski definition) is 1. The first-order valence-corrected chi connectivity index (χ1v) is 7.10. The molecule has 1 rings (SSSR count). The molecule has 1 aromatic carbocycles. The van der Waals surface area contributed by atoms with E-state index in [9.17, 15) is 4.79 Å². The van der Waals surface area contributed by atoms with Crippen LogP contribution < -0.4 is 10.5 Å². The quantitative estimate of drug-likeness (QED) is 0.831. The Hall–Kier alpha value is -1.36. The average Bonchev–Trinajstić information content (AvgIpc) is 2.37. The molecule has 0 saturated heterocycles. The molecule has 5 heteroatoms. The molecule has 2 N–H and O–H groups in total. The highest BCUT2D eigenvalue weighted by molar-refractivity contribution is 7.98. The molecule has 100 valence electrons. The third-order valence-electron chi connectivity index (χ3n) is 2.88. The average molecular weight is 268 g/mol. The number of methoxy groups -OCH3 is 1. The molecule has 0 bridgehead atoms. The van der Waals surface area contributed by atoms with E-state index in [1.807, 2.05) is 13.2 Å². The van der Waals surface area contributed by atoms with Gasteiger partial charge < -0.3 is 15.4 Å². The van der Waals surface area contributed by atoms with Gasteiger partial charge in [-0.1, -0.05) is 0 Å². The van der Waals surface area contributed by atoms with Gasteiger partial charge in [0.1, 0.15) is 5.75 Å². The Bertz CT molecular complexity index is 423. The molecule has 0 aliphatic carbocycles. The van der Waals surface area contributed by atoms with Gasteiger partial charge >= 0.3 is 0 Å². The van der Waals surface area contributed by atoms with Gasteiger partial charge in [-0.25, -0.2) is 0 Å². The molecule has 0 radical (unpaired) electrons. The molecular weight excluding hydrogens is 248 g/mol. The van der Waals surface area contributed by atoms with Crippen LogP contribution in [-0.2, 0) is 0 Å². The van der Waals surface area contributed by atoms with Crippen molar-refractivity contribution in [1.82, 2.24) is 4.90 Å². The third kappa shape index (κ3) is 3.32. The van der Waals surface area contributed by atoms with Gasteiger partial charge in [0.2, 0.25) is 0 Å². The van der Waals surface area contributed by atoms with Crippen molar-refractivity contribution in [2.75, 3.05) is 31.9 Å². The molecule has 0 fully saturated rings. The summed E-state index contributed by atoms with van der Waals surface area (Å²) in [5.41, 5.74) is 6.84. The molecule has 1 unspecified atom stereocenters. The number of ether oxygens (including phenoxy) is 1. The van der Waals surface area contributed by atoms with Crippen molar-refractivity contribution in [3.63, 3.8) is 0 Å². The van der Waals surface area contributed by atoms with E-state index in [0.29, 0.717) is 17.0 Å². The summed E-state index contributed by atoms with van der Waals surface area (Å²) >= 11 is 1.72. The van der Waals surface area contributed by atoms with E-state index in [0.717, 1.165) is 5.75 Å². The predicted octanol–water partition coefficient (Wildman–Crippen LogP) is 2.10. The maximum Gasteiger partial charge on any atom is 0.255 e. The maximum atomic E-state index is 12.3. The van der Waals surface area contributed by atoms with Gasteiger partial charge in [-0.2, -0.15) is 11.8 Å². The lowest BCUT2D eigenvalue weighted by molar-refractivity contribution is 0.0758. The third-order valence-corrected chi connectivity index (χ3v) is 3.69. The number of carbonyl (C=O) groups excluding carboxylic acids is 1. The zero-order chi connectivity index (χ0) is 13.7. The van der Waals surface area contributed by atoms with E-state index in [2.05, 4.69) is 0 Å². The van der Waals surface area contributed by atoms with E-state index < -0.39 is 0 Å². The van der Waals surface area contributed by atoms with E-state index in [4.69, 9.17) is 10.5 Å². The number of carbonyl (C=O) groups is 1. The van der Waals surface area contributed by atoms with Gasteiger partial charge in [-0.05, 0) is 25.3 Å². The van der Waals surface area contributed by atoms with Crippen molar-refractivity contribution in [3.8, 4) is 5.75 Å². The summed E-state index contributed by atoms with van der Waals surface area (Å²) in [7, 11) is 3.37. The summed E-state index contributed by atoms with van der Waals surface area (Å²) in [6.45, 7) is 2.02. The smallest absolute Gasteiger partial charge is 0.255 e. The monoisotopic (exact) mass is 268 g/mol.